The molecule has 1 saturated heterocycles. The SMILES string of the molecule is CC(C)(C)OC(=O)N1CC2C[C@@H](Nc3cc(C(F)(F)F)c(Cl)nn3)C[C@@H]2C1. The molecule has 27 heavy (non-hydrogen) atoms. The molecular formula is C17H22ClF3N4O2. The van der Waals surface area contributed by atoms with Crippen molar-refractivity contribution in [1.82, 2.24) is 15.1 Å². The number of hydrogen-bond donors (Lipinski definition) is 1. The molecule has 1 aliphatic carbocycles. The van der Waals surface area contributed by atoms with E-state index in [1.165, 1.54) is 0 Å². The van der Waals surface area contributed by atoms with Crippen molar-refractivity contribution in [2.45, 2.75) is 51.4 Å². The van der Waals surface area contributed by atoms with E-state index < -0.39 is 22.5 Å². The lowest BCUT2D eigenvalue weighted by Gasteiger charge is -2.25. The Morgan fingerprint density at radius 1 is 1.22 bits per heavy atom. The maximum Gasteiger partial charge on any atom is 0.419 e. The number of alkyl halides is 3. The number of amides is 1. The van der Waals surface area contributed by atoms with Crippen molar-refractivity contribution >= 4 is 23.5 Å². The summed E-state index contributed by atoms with van der Waals surface area (Å²) in [6, 6.07) is 0.869. The number of halogens is 4. The van der Waals surface area contributed by atoms with E-state index in [4.69, 9.17) is 16.3 Å². The van der Waals surface area contributed by atoms with Gasteiger partial charge in [0.05, 0.1) is 5.56 Å². The molecule has 1 aliphatic heterocycles. The van der Waals surface area contributed by atoms with E-state index >= 15 is 0 Å². The molecule has 1 saturated carbocycles. The highest BCUT2D eigenvalue weighted by atomic mass is 35.5. The average Bonchev–Trinajstić information content (AvgIpc) is 3.04. The Labute approximate surface area is 160 Å². The number of carbonyl (C=O) groups excluding carboxylic acids is 1. The summed E-state index contributed by atoms with van der Waals surface area (Å²) < 4.78 is 44.2. The minimum atomic E-state index is -4.58. The second-order valence-electron chi connectivity index (χ2n) is 8.15. The number of anilines is 1. The van der Waals surface area contributed by atoms with Crippen LogP contribution in [0.2, 0.25) is 5.15 Å². The van der Waals surface area contributed by atoms with Gasteiger partial charge in [-0.2, -0.15) is 13.2 Å². The second kappa shape index (κ2) is 7.00. The molecule has 1 amide bonds. The third kappa shape index (κ3) is 4.75. The zero-order valence-electron chi connectivity index (χ0n) is 15.3. The van der Waals surface area contributed by atoms with E-state index in [9.17, 15) is 18.0 Å². The Kier molecular flexibility index (Phi) is 5.18. The molecule has 0 spiro atoms. The quantitative estimate of drug-likeness (QED) is 0.797. The predicted octanol–water partition coefficient (Wildman–Crippen LogP) is 4.21. The van der Waals surface area contributed by atoms with Crippen molar-refractivity contribution in [2.24, 2.45) is 11.8 Å². The van der Waals surface area contributed by atoms with Gasteiger partial charge < -0.3 is 15.0 Å². The maximum absolute atomic E-state index is 12.9. The Morgan fingerprint density at radius 3 is 2.33 bits per heavy atom. The Bertz CT molecular complexity index is 709. The number of fused-ring (bicyclic) bond motifs is 1. The van der Waals surface area contributed by atoms with E-state index in [1.54, 1.807) is 4.90 Å². The largest absolute Gasteiger partial charge is 0.444 e. The fourth-order valence-corrected chi connectivity index (χ4v) is 3.95. The highest BCUT2D eigenvalue weighted by Gasteiger charge is 2.43. The van der Waals surface area contributed by atoms with E-state index in [0.717, 1.165) is 18.9 Å². The molecule has 1 N–H and O–H groups in total. The van der Waals surface area contributed by atoms with Crippen LogP contribution < -0.4 is 5.32 Å². The van der Waals surface area contributed by atoms with Gasteiger partial charge in [0.2, 0.25) is 0 Å². The molecule has 0 bridgehead atoms. The minimum Gasteiger partial charge on any atom is -0.444 e. The zero-order valence-corrected chi connectivity index (χ0v) is 16.1. The van der Waals surface area contributed by atoms with Gasteiger partial charge in [0.15, 0.2) is 5.15 Å². The number of carbonyl (C=O) groups is 1. The number of nitrogens with zero attached hydrogens (tertiary/aromatic N) is 3. The molecule has 1 unspecified atom stereocenters. The monoisotopic (exact) mass is 406 g/mol. The van der Waals surface area contributed by atoms with Gasteiger partial charge in [0.1, 0.15) is 11.4 Å². The van der Waals surface area contributed by atoms with E-state index in [-0.39, 0.29) is 29.8 Å². The fourth-order valence-electron chi connectivity index (χ4n) is 3.75. The van der Waals surface area contributed by atoms with Crippen LogP contribution in [0.1, 0.15) is 39.2 Å². The van der Waals surface area contributed by atoms with Gasteiger partial charge in [-0.1, -0.05) is 11.6 Å². The molecule has 2 heterocycles. The molecular weight excluding hydrogens is 385 g/mol. The normalized spacial score (nSPS) is 25.4. The van der Waals surface area contributed by atoms with Gasteiger partial charge in [-0.05, 0) is 51.5 Å². The first-order valence-electron chi connectivity index (χ1n) is 8.77. The molecule has 3 rings (SSSR count). The average molecular weight is 407 g/mol. The van der Waals surface area contributed by atoms with Crippen molar-refractivity contribution in [2.75, 3.05) is 18.4 Å². The summed E-state index contributed by atoms with van der Waals surface area (Å²) in [6.45, 7) is 6.66. The van der Waals surface area contributed by atoms with Gasteiger partial charge in [-0.25, -0.2) is 4.79 Å². The molecule has 10 heteroatoms. The lowest BCUT2D eigenvalue weighted by Crippen LogP contribution is -2.36. The van der Waals surface area contributed by atoms with Crippen LogP contribution in [0.25, 0.3) is 0 Å². The Balaban J connectivity index is 1.58. The summed E-state index contributed by atoms with van der Waals surface area (Å²) in [5, 5.41) is 9.47. The number of aromatic nitrogens is 2. The van der Waals surface area contributed by atoms with Gasteiger partial charge in [0, 0.05) is 19.1 Å². The van der Waals surface area contributed by atoms with Gasteiger partial charge in [0.25, 0.3) is 0 Å². The lowest BCUT2D eigenvalue weighted by molar-refractivity contribution is -0.137. The van der Waals surface area contributed by atoms with Crippen molar-refractivity contribution < 1.29 is 22.7 Å². The van der Waals surface area contributed by atoms with Crippen LogP contribution >= 0.6 is 11.6 Å². The molecule has 150 valence electrons. The topological polar surface area (TPSA) is 67.3 Å². The first kappa shape index (κ1) is 20.0. The van der Waals surface area contributed by atoms with Gasteiger partial charge >= 0.3 is 12.3 Å². The molecule has 1 aromatic rings. The van der Waals surface area contributed by atoms with E-state index in [2.05, 4.69) is 15.5 Å². The summed E-state index contributed by atoms with van der Waals surface area (Å²) in [4.78, 5) is 13.9. The smallest absolute Gasteiger partial charge is 0.419 e. The molecule has 0 aromatic carbocycles. The fraction of sp³-hybridized carbons (Fsp3) is 0.706. The number of rotatable bonds is 2. The Morgan fingerprint density at radius 2 is 1.81 bits per heavy atom. The van der Waals surface area contributed by atoms with Crippen molar-refractivity contribution in [3.63, 3.8) is 0 Å². The molecule has 6 nitrogen and oxygen atoms in total. The highest BCUT2D eigenvalue weighted by Crippen LogP contribution is 2.40. The number of ether oxygens (including phenoxy) is 1. The molecule has 3 atom stereocenters. The first-order chi connectivity index (χ1) is 12.4. The molecule has 1 aromatic heterocycles. The van der Waals surface area contributed by atoms with Gasteiger partial charge in [-0.15, -0.1) is 10.2 Å². The summed E-state index contributed by atoms with van der Waals surface area (Å²) in [7, 11) is 0. The first-order valence-corrected chi connectivity index (χ1v) is 9.15. The summed E-state index contributed by atoms with van der Waals surface area (Å²) in [5.74, 6) is 0.635. The van der Waals surface area contributed by atoms with Crippen molar-refractivity contribution in [1.29, 1.82) is 0 Å². The summed E-state index contributed by atoms with van der Waals surface area (Å²) >= 11 is 5.50. The van der Waals surface area contributed by atoms with E-state index in [0.29, 0.717) is 13.1 Å². The highest BCUT2D eigenvalue weighted by molar-refractivity contribution is 6.30. The van der Waals surface area contributed by atoms with Crippen LogP contribution in [0.5, 0.6) is 0 Å². The maximum atomic E-state index is 12.9. The van der Waals surface area contributed by atoms with Crippen LogP contribution in [0.3, 0.4) is 0 Å². The van der Waals surface area contributed by atoms with Gasteiger partial charge in [-0.3, -0.25) is 0 Å². The standard InChI is InChI=1S/C17H22ClF3N4O2/c1-16(2,3)27-15(26)25-7-9-4-11(5-10(9)8-25)22-13-6-12(17(19,20)21)14(18)24-23-13/h6,9-11H,4-5,7-8H2,1-3H3,(H,22,23)/t9-,10?,11+/m1/s1. The van der Waals surface area contributed by atoms with E-state index in [1.807, 2.05) is 20.8 Å². The number of hydrogen-bond acceptors (Lipinski definition) is 5. The molecule has 2 fully saturated rings. The van der Waals surface area contributed by atoms with Crippen LogP contribution in [-0.2, 0) is 10.9 Å². The third-order valence-electron chi connectivity index (χ3n) is 4.81. The van der Waals surface area contributed by atoms with Crippen LogP contribution in [0, 0.1) is 11.8 Å². The summed E-state index contributed by atoms with van der Waals surface area (Å²) in [5.41, 5.74) is -1.54. The number of nitrogens with one attached hydrogen (secondary N) is 1. The van der Waals surface area contributed by atoms with Crippen LogP contribution in [-0.4, -0.2) is 45.9 Å². The van der Waals surface area contributed by atoms with Crippen LogP contribution in [0.15, 0.2) is 6.07 Å². The van der Waals surface area contributed by atoms with Crippen LogP contribution in [0.4, 0.5) is 23.8 Å². The van der Waals surface area contributed by atoms with Crippen molar-refractivity contribution in [3.8, 4) is 0 Å². The summed E-state index contributed by atoms with van der Waals surface area (Å²) in [6.07, 6.45) is -3.41. The second-order valence-corrected chi connectivity index (χ2v) is 8.51. The molecule has 2 aliphatic rings. The number of likely N-dealkylation sites (tertiary alicyclic amines) is 1. The Hall–Kier alpha value is -1.77. The van der Waals surface area contributed by atoms with Crippen molar-refractivity contribution in [3.05, 3.63) is 16.8 Å². The third-order valence-corrected chi connectivity index (χ3v) is 5.09. The zero-order chi connectivity index (χ0) is 20.0. The molecule has 0 radical (unpaired) electrons. The minimum absolute atomic E-state index is 0.0163. The lowest BCUT2D eigenvalue weighted by atomic mass is 10.0. The predicted molar refractivity (Wildman–Crippen MR) is 93.5 cm³/mol.